The number of ether oxygens (including phenoxy) is 1. The van der Waals surface area contributed by atoms with Crippen LogP contribution in [0.25, 0.3) is 11.0 Å². The summed E-state index contributed by atoms with van der Waals surface area (Å²) in [5, 5.41) is 0. The minimum atomic E-state index is -4.35. The van der Waals surface area contributed by atoms with Gasteiger partial charge < -0.3 is 9.30 Å². The van der Waals surface area contributed by atoms with Crippen molar-refractivity contribution in [1.29, 1.82) is 0 Å². The molecule has 0 bridgehead atoms. The number of fused-ring (bicyclic) bond motifs is 1. The molecule has 0 aliphatic heterocycles. The molecule has 0 unspecified atom stereocenters. The number of imidazole rings is 1. The van der Waals surface area contributed by atoms with Crippen LogP contribution in [0.5, 0.6) is 0 Å². The zero-order valence-electron chi connectivity index (χ0n) is 17.3. The third kappa shape index (κ3) is 5.82. The van der Waals surface area contributed by atoms with Gasteiger partial charge in [-0.1, -0.05) is 0 Å². The maximum Gasteiger partial charge on any atom is 0.338 e. The summed E-state index contributed by atoms with van der Waals surface area (Å²) in [5.41, 5.74) is 0.341. The van der Waals surface area contributed by atoms with Crippen LogP contribution in [0.2, 0.25) is 0 Å². The first-order chi connectivity index (χ1) is 14.6. The van der Waals surface area contributed by atoms with E-state index in [4.69, 9.17) is 27.9 Å². The number of benzene rings is 1. The number of aryl methyl sites for hydroxylation is 1. The molecular weight excluding hydrogens is 489 g/mol. The molecule has 9 nitrogen and oxygen atoms in total. The zero-order chi connectivity index (χ0) is 23.2. The van der Waals surface area contributed by atoms with Gasteiger partial charge in [0.2, 0.25) is 20.0 Å². The van der Waals surface area contributed by atoms with Gasteiger partial charge in [-0.2, -0.15) is 3.71 Å². The molecule has 174 valence electrons. The number of carbonyl (C=O) groups excluding carboxylic acids is 1. The molecular formula is C18H25Cl2N3O6S2. The molecule has 0 amide bonds. The predicted octanol–water partition coefficient (Wildman–Crippen LogP) is 2.96. The summed E-state index contributed by atoms with van der Waals surface area (Å²) in [7, 11) is -8.71. The summed E-state index contributed by atoms with van der Waals surface area (Å²) in [4.78, 5) is 16.7. The Morgan fingerprint density at radius 3 is 2.13 bits per heavy atom. The van der Waals surface area contributed by atoms with Gasteiger partial charge in [0.05, 0.1) is 41.2 Å². The SMILES string of the molecule is CCOC(=O)c1cc(N(S(=O)(=O)CCCCl)S(=O)(=O)CCCCl)c2ncn(CC)c2c1. The molecule has 0 atom stereocenters. The fraction of sp³-hybridized carbons (Fsp3) is 0.556. The minimum absolute atomic E-state index is 0.0182. The molecule has 13 heteroatoms. The quantitative estimate of drug-likeness (QED) is 0.316. The van der Waals surface area contributed by atoms with Crippen LogP contribution < -0.4 is 3.71 Å². The van der Waals surface area contributed by atoms with Gasteiger partial charge in [-0.15, -0.1) is 23.2 Å². The van der Waals surface area contributed by atoms with Crippen molar-refractivity contribution < 1.29 is 26.4 Å². The first-order valence-corrected chi connectivity index (χ1v) is 14.0. The summed E-state index contributed by atoms with van der Waals surface area (Å²) in [6.07, 6.45) is 1.56. The second kappa shape index (κ2) is 10.8. The van der Waals surface area contributed by atoms with Crippen molar-refractivity contribution in [2.75, 3.05) is 33.6 Å². The Morgan fingerprint density at radius 1 is 1.06 bits per heavy atom. The fourth-order valence-corrected chi connectivity index (χ4v) is 7.62. The molecule has 1 heterocycles. The first kappa shape index (κ1) is 25.7. The van der Waals surface area contributed by atoms with Gasteiger partial charge in [0, 0.05) is 18.3 Å². The Kier molecular flexibility index (Phi) is 8.99. The number of rotatable bonds is 12. The van der Waals surface area contributed by atoms with Gasteiger partial charge in [-0.25, -0.2) is 26.6 Å². The molecule has 31 heavy (non-hydrogen) atoms. The van der Waals surface area contributed by atoms with Gasteiger partial charge >= 0.3 is 5.97 Å². The first-order valence-electron chi connectivity index (χ1n) is 9.66. The molecule has 0 saturated carbocycles. The number of carbonyl (C=O) groups is 1. The third-order valence-electron chi connectivity index (χ3n) is 4.33. The van der Waals surface area contributed by atoms with Gasteiger partial charge in [-0.3, -0.25) is 0 Å². The number of esters is 1. The Hall–Kier alpha value is -1.56. The number of hydrogen-bond donors (Lipinski definition) is 0. The summed E-state index contributed by atoms with van der Waals surface area (Å²) < 4.78 is 59.6. The van der Waals surface area contributed by atoms with Crippen LogP contribution in [0, 0.1) is 0 Å². The van der Waals surface area contributed by atoms with Crippen molar-refractivity contribution >= 4 is 65.9 Å². The van der Waals surface area contributed by atoms with Crippen LogP contribution in [0.4, 0.5) is 5.69 Å². The van der Waals surface area contributed by atoms with Crippen LogP contribution in [0.1, 0.15) is 37.0 Å². The van der Waals surface area contributed by atoms with Crippen molar-refractivity contribution in [3.8, 4) is 0 Å². The summed E-state index contributed by atoms with van der Waals surface area (Å²) in [6.45, 7) is 4.04. The van der Waals surface area contributed by atoms with Crippen molar-refractivity contribution in [2.45, 2.75) is 33.2 Å². The maximum absolute atomic E-state index is 13.1. The molecule has 2 rings (SSSR count). The largest absolute Gasteiger partial charge is 0.462 e. The maximum atomic E-state index is 13.1. The highest BCUT2D eigenvalue weighted by Gasteiger charge is 2.36. The highest BCUT2D eigenvalue weighted by atomic mass is 35.5. The molecule has 0 fully saturated rings. The number of alkyl halides is 2. The number of anilines is 1. The lowest BCUT2D eigenvalue weighted by atomic mass is 10.1. The fourth-order valence-electron chi connectivity index (χ4n) is 2.98. The molecule has 0 spiro atoms. The average Bonchev–Trinajstić information content (AvgIpc) is 3.14. The Balaban J connectivity index is 2.84. The monoisotopic (exact) mass is 513 g/mol. The number of sulfonamides is 2. The smallest absolute Gasteiger partial charge is 0.338 e. The average molecular weight is 514 g/mol. The summed E-state index contributed by atoms with van der Waals surface area (Å²) in [6, 6.07) is 2.69. The molecule has 0 aliphatic carbocycles. The van der Waals surface area contributed by atoms with E-state index in [0.717, 1.165) is 0 Å². The molecule has 1 aromatic carbocycles. The van der Waals surface area contributed by atoms with Crippen molar-refractivity contribution in [3.05, 3.63) is 24.0 Å². The standard InChI is InChI=1S/C18H25Cl2N3O6S2/c1-3-22-13-21-17-15(22)11-14(18(24)29-4-2)12-16(17)23(30(25,26)9-5-7-19)31(27,28)10-6-8-20/h11-13H,3-10H2,1-2H3. The normalized spacial score (nSPS) is 12.3. The topological polar surface area (TPSA) is 116 Å². The van der Waals surface area contributed by atoms with E-state index >= 15 is 0 Å². The van der Waals surface area contributed by atoms with Gasteiger partial charge in [0.15, 0.2) is 0 Å². The molecule has 0 N–H and O–H groups in total. The van der Waals surface area contributed by atoms with E-state index < -0.39 is 37.5 Å². The highest BCUT2D eigenvalue weighted by molar-refractivity contribution is 8.10. The minimum Gasteiger partial charge on any atom is -0.462 e. The number of hydrogen-bond acceptors (Lipinski definition) is 7. The van der Waals surface area contributed by atoms with E-state index in [9.17, 15) is 21.6 Å². The lowest BCUT2D eigenvalue weighted by Gasteiger charge is -2.24. The van der Waals surface area contributed by atoms with E-state index in [-0.39, 0.29) is 48.0 Å². The molecule has 2 aromatic rings. The summed E-state index contributed by atoms with van der Waals surface area (Å²) >= 11 is 11.3. The lowest BCUT2D eigenvalue weighted by Crippen LogP contribution is -2.40. The van der Waals surface area contributed by atoms with Crippen LogP contribution in [0.3, 0.4) is 0 Å². The predicted molar refractivity (Wildman–Crippen MR) is 122 cm³/mol. The van der Waals surface area contributed by atoms with Crippen molar-refractivity contribution in [1.82, 2.24) is 9.55 Å². The van der Waals surface area contributed by atoms with E-state index in [2.05, 4.69) is 4.98 Å². The Labute approximate surface area is 192 Å². The Bertz CT molecular complexity index is 1090. The van der Waals surface area contributed by atoms with Crippen LogP contribution >= 0.6 is 23.2 Å². The number of aromatic nitrogens is 2. The van der Waals surface area contributed by atoms with E-state index in [1.807, 2.05) is 6.92 Å². The Morgan fingerprint density at radius 2 is 1.65 bits per heavy atom. The second-order valence-corrected chi connectivity index (χ2v) is 11.4. The molecule has 0 saturated heterocycles. The number of nitrogens with zero attached hydrogens (tertiary/aromatic N) is 3. The highest BCUT2D eigenvalue weighted by Crippen LogP contribution is 2.33. The summed E-state index contributed by atoms with van der Waals surface area (Å²) in [5.74, 6) is -1.60. The molecule has 0 radical (unpaired) electrons. The third-order valence-corrected chi connectivity index (χ3v) is 9.24. The van der Waals surface area contributed by atoms with Crippen molar-refractivity contribution in [2.24, 2.45) is 0 Å². The van der Waals surface area contributed by atoms with Crippen LogP contribution in [0.15, 0.2) is 18.5 Å². The van der Waals surface area contributed by atoms with Crippen molar-refractivity contribution in [3.63, 3.8) is 0 Å². The van der Waals surface area contributed by atoms with Crippen LogP contribution in [-0.2, 0) is 31.3 Å². The van der Waals surface area contributed by atoms with Crippen LogP contribution in [-0.4, -0.2) is 62.2 Å². The van der Waals surface area contributed by atoms with Gasteiger partial charge in [-0.05, 0) is 38.8 Å². The van der Waals surface area contributed by atoms with E-state index in [0.29, 0.717) is 15.8 Å². The van der Waals surface area contributed by atoms with Gasteiger partial charge in [0.1, 0.15) is 5.52 Å². The molecule has 0 aliphatic rings. The van der Waals surface area contributed by atoms with Gasteiger partial charge in [0.25, 0.3) is 0 Å². The second-order valence-electron chi connectivity index (χ2n) is 6.53. The zero-order valence-corrected chi connectivity index (χ0v) is 20.4. The van der Waals surface area contributed by atoms with E-state index in [1.54, 1.807) is 11.5 Å². The lowest BCUT2D eigenvalue weighted by molar-refractivity contribution is 0.0526. The number of halogens is 2. The molecule has 1 aromatic heterocycles. The van der Waals surface area contributed by atoms with E-state index in [1.165, 1.54) is 18.5 Å².